The van der Waals surface area contributed by atoms with Crippen molar-refractivity contribution in [2.75, 3.05) is 45.2 Å². The second-order valence-corrected chi connectivity index (χ2v) is 5.76. The highest BCUT2D eigenvalue weighted by Gasteiger charge is 2.33. The average molecular weight is 261 g/mol. The maximum absolute atomic E-state index is 5.96. The largest absolute Gasteiger partial charge is 0.489 e. The zero-order valence-electron chi connectivity index (χ0n) is 11.8. The number of nitrogens with zero attached hydrogens (tertiary/aromatic N) is 2. The number of likely N-dealkylation sites (tertiary alicyclic amines) is 1. The lowest BCUT2D eigenvalue weighted by Crippen LogP contribution is -2.30. The van der Waals surface area contributed by atoms with E-state index in [2.05, 4.69) is 42.1 Å². The van der Waals surface area contributed by atoms with E-state index in [0.29, 0.717) is 12.0 Å². The number of fused-ring (bicyclic) bond motifs is 1. The highest BCUT2D eigenvalue weighted by Crippen LogP contribution is 2.43. The van der Waals surface area contributed by atoms with E-state index < -0.39 is 0 Å². The minimum absolute atomic E-state index is 0.440. The molecule has 4 nitrogen and oxygen atoms in total. The molecule has 3 rings (SSSR count). The fourth-order valence-corrected chi connectivity index (χ4v) is 3.31. The first-order chi connectivity index (χ1) is 9.20. The van der Waals surface area contributed by atoms with Crippen LogP contribution >= 0.6 is 0 Å². The Morgan fingerprint density at radius 2 is 2.21 bits per heavy atom. The Hall–Kier alpha value is -1.26. The fourth-order valence-electron chi connectivity index (χ4n) is 3.31. The van der Waals surface area contributed by atoms with E-state index in [-0.39, 0.29) is 0 Å². The van der Waals surface area contributed by atoms with Crippen LogP contribution in [0.5, 0.6) is 5.75 Å². The quantitative estimate of drug-likeness (QED) is 0.875. The summed E-state index contributed by atoms with van der Waals surface area (Å²) in [7, 11) is 4.32. The summed E-state index contributed by atoms with van der Waals surface area (Å²) in [6.45, 7) is 3.59. The third-order valence-electron chi connectivity index (χ3n) is 4.44. The van der Waals surface area contributed by atoms with Gasteiger partial charge in [-0.2, -0.15) is 0 Å². The van der Waals surface area contributed by atoms with E-state index in [0.717, 1.165) is 38.4 Å². The van der Waals surface area contributed by atoms with Crippen molar-refractivity contribution < 1.29 is 4.74 Å². The van der Waals surface area contributed by atoms with Crippen LogP contribution in [-0.4, -0.2) is 45.2 Å². The molecule has 0 radical (unpaired) electrons. The molecule has 1 fully saturated rings. The van der Waals surface area contributed by atoms with Crippen molar-refractivity contribution in [3.63, 3.8) is 0 Å². The Balaban J connectivity index is 1.95. The number of anilines is 1. The first-order valence-electron chi connectivity index (χ1n) is 7.08. The maximum atomic E-state index is 5.96. The van der Waals surface area contributed by atoms with Crippen LogP contribution in [0, 0.1) is 5.92 Å². The van der Waals surface area contributed by atoms with Gasteiger partial charge in [0.25, 0.3) is 0 Å². The first kappa shape index (κ1) is 12.8. The van der Waals surface area contributed by atoms with Crippen LogP contribution in [0.2, 0.25) is 0 Å². The van der Waals surface area contributed by atoms with E-state index in [4.69, 9.17) is 10.5 Å². The first-order valence-corrected chi connectivity index (χ1v) is 7.08. The molecule has 2 aliphatic rings. The van der Waals surface area contributed by atoms with Crippen LogP contribution in [0.4, 0.5) is 5.69 Å². The summed E-state index contributed by atoms with van der Waals surface area (Å²) in [6, 6.07) is 6.93. The normalized spacial score (nSPS) is 27.2. The van der Waals surface area contributed by atoms with E-state index in [1.54, 1.807) is 0 Å². The van der Waals surface area contributed by atoms with Gasteiger partial charge in [-0.3, -0.25) is 4.90 Å². The van der Waals surface area contributed by atoms with Gasteiger partial charge in [0.05, 0.1) is 12.2 Å². The number of para-hydroxylation sites is 1. The SMILES string of the molecule is CN1CCOc2c(C3CC(CN)CN3C)cccc21. The number of rotatable bonds is 2. The predicted octanol–water partition coefficient (Wildman–Crippen LogP) is 1.47. The Kier molecular flexibility index (Phi) is 3.37. The van der Waals surface area contributed by atoms with Gasteiger partial charge in [0.2, 0.25) is 0 Å². The molecular weight excluding hydrogens is 238 g/mol. The van der Waals surface area contributed by atoms with Crippen LogP contribution < -0.4 is 15.4 Å². The average Bonchev–Trinajstić information content (AvgIpc) is 2.80. The molecule has 0 saturated carbocycles. The maximum Gasteiger partial charge on any atom is 0.147 e. The van der Waals surface area contributed by atoms with E-state index in [1.165, 1.54) is 11.3 Å². The number of nitrogens with two attached hydrogens (primary N) is 1. The summed E-state index contributed by atoms with van der Waals surface area (Å²) in [4.78, 5) is 4.68. The number of hydrogen-bond acceptors (Lipinski definition) is 4. The van der Waals surface area contributed by atoms with Gasteiger partial charge < -0.3 is 15.4 Å². The van der Waals surface area contributed by atoms with Gasteiger partial charge in [0, 0.05) is 25.2 Å². The minimum atomic E-state index is 0.440. The van der Waals surface area contributed by atoms with Crippen molar-refractivity contribution in [1.29, 1.82) is 0 Å². The number of likely N-dealkylation sites (N-methyl/N-ethyl adjacent to an activating group) is 1. The lowest BCUT2D eigenvalue weighted by atomic mass is 9.98. The smallest absolute Gasteiger partial charge is 0.147 e. The van der Waals surface area contributed by atoms with Crippen LogP contribution in [0.25, 0.3) is 0 Å². The molecule has 0 spiro atoms. The van der Waals surface area contributed by atoms with E-state index in [9.17, 15) is 0 Å². The van der Waals surface area contributed by atoms with Gasteiger partial charge in [-0.25, -0.2) is 0 Å². The van der Waals surface area contributed by atoms with Crippen molar-refractivity contribution in [3.8, 4) is 5.75 Å². The second-order valence-electron chi connectivity index (χ2n) is 5.76. The van der Waals surface area contributed by atoms with Crippen molar-refractivity contribution >= 4 is 5.69 Å². The van der Waals surface area contributed by atoms with Crippen molar-refractivity contribution in [3.05, 3.63) is 23.8 Å². The summed E-state index contributed by atoms with van der Waals surface area (Å²) >= 11 is 0. The molecule has 0 amide bonds. The molecule has 0 bridgehead atoms. The van der Waals surface area contributed by atoms with Gasteiger partial charge in [-0.05, 0) is 32.0 Å². The molecule has 1 aromatic carbocycles. The van der Waals surface area contributed by atoms with Crippen LogP contribution in [0.1, 0.15) is 18.0 Å². The van der Waals surface area contributed by atoms with Crippen LogP contribution in [0.3, 0.4) is 0 Å². The summed E-state index contributed by atoms with van der Waals surface area (Å²) in [5, 5.41) is 0. The highest BCUT2D eigenvalue weighted by molar-refractivity contribution is 5.63. The Morgan fingerprint density at radius 1 is 1.37 bits per heavy atom. The molecule has 2 N–H and O–H groups in total. The molecule has 4 heteroatoms. The third kappa shape index (κ3) is 2.19. The Labute approximate surface area is 115 Å². The summed E-state index contributed by atoms with van der Waals surface area (Å²) in [6.07, 6.45) is 1.14. The zero-order valence-corrected chi connectivity index (χ0v) is 11.8. The van der Waals surface area contributed by atoms with Crippen molar-refractivity contribution in [2.24, 2.45) is 11.7 Å². The van der Waals surface area contributed by atoms with Gasteiger partial charge in [-0.15, -0.1) is 0 Å². The topological polar surface area (TPSA) is 41.7 Å². The molecule has 0 aromatic heterocycles. The molecule has 2 unspecified atom stereocenters. The number of benzene rings is 1. The fraction of sp³-hybridized carbons (Fsp3) is 0.600. The number of ether oxygens (including phenoxy) is 1. The summed E-state index contributed by atoms with van der Waals surface area (Å²) in [5.74, 6) is 1.68. The van der Waals surface area contributed by atoms with E-state index >= 15 is 0 Å². The molecule has 2 heterocycles. The molecule has 1 saturated heterocycles. The molecule has 2 aliphatic heterocycles. The van der Waals surface area contributed by atoms with Crippen LogP contribution in [-0.2, 0) is 0 Å². The summed E-state index contributed by atoms with van der Waals surface area (Å²) in [5.41, 5.74) is 8.37. The molecule has 19 heavy (non-hydrogen) atoms. The zero-order chi connectivity index (χ0) is 13.4. The Morgan fingerprint density at radius 3 is 2.95 bits per heavy atom. The monoisotopic (exact) mass is 261 g/mol. The molecule has 104 valence electrons. The summed E-state index contributed by atoms with van der Waals surface area (Å²) < 4.78 is 5.96. The van der Waals surface area contributed by atoms with Crippen LogP contribution in [0.15, 0.2) is 18.2 Å². The van der Waals surface area contributed by atoms with Gasteiger partial charge >= 0.3 is 0 Å². The number of hydrogen-bond donors (Lipinski definition) is 1. The molecule has 1 aromatic rings. The standard InChI is InChI=1S/C15H23N3O/c1-17-6-7-19-15-12(4-3-5-13(15)17)14-8-11(9-16)10-18(14)2/h3-5,11,14H,6-10,16H2,1-2H3. The van der Waals surface area contributed by atoms with E-state index in [1.807, 2.05) is 0 Å². The van der Waals surface area contributed by atoms with Crippen molar-refractivity contribution in [1.82, 2.24) is 4.90 Å². The van der Waals surface area contributed by atoms with Gasteiger partial charge in [0.1, 0.15) is 12.4 Å². The lowest BCUT2D eigenvalue weighted by molar-refractivity contribution is 0.278. The highest BCUT2D eigenvalue weighted by atomic mass is 16.5. The minimum Gasteiger partial charge on any atom is -0.489 e. The molecular formula is C15H23N3O. The Bertz CT molecular complexity index is 463. The lowest BCUT2D eigenvalue weighted by Gasteiger charge is -2.31. The predicted molar refractivity (Wildman–Crippen MR) is 77.7 cm³/mol. The second kappa shape index (κ2) is 5.02. The third-order valence-corrected chi connectivity index (χ3v) is 4.44. The van der Waals surface area contributed by atoms with Gasteiger partial charge in [0.15, 0.2) is 0 Å². The molecule has 0 aliphatic carbocycles. The van der Waals surface area contributed by atoms with Gasteiger partial charge in [-0.1, -0.05) is 12.1 Å². The van der Waals surface area contributed by atoms with Crippen molar-refractivity contribution in [2.45, 2.75) is 12.5 Å². The molecule has 2 atom stereocenters.